The zero-order chi connectivity index (χ0) is 14.8. The van der Waals surface area contributed by atoms with Crippen molar-refractivity contribution < 1.29 is 4.79 Å². The first-order chi connectivity index (χ1) is 10.2. The van der Waals surface area contributed by atoms with E-state index in [9.17, 15) is 4.79 Å². The van der Waals surface area contributed by atoms with Crippen LogP contribution in [0.5, 0.6) is 0 Å². The molecule has 1 aromatic carbocycles. The molecule has 6 heteroatoms. The van der Waals surface area contributed by atoms with E-state index in [0.717, 1.165) is 16.6 Å². The van der Waals surface area contributed by atoms with Crippen molar-refractivity contribution in [3.63, 3.8) is 0 Å². The lowest BCUT2D eigenvalue weighted by molar-refractivity contribution is 0.101. The summed E-state index contributed by atoms with van der Waals surface area (Å²) in [6.07, 6.45) is 0. The average molecular weight is 337 g/mol. The number of aromatic amines is 1. The molecular formula is C15H13ClN2OS2. The lowest BCUT2D eigenvalue weighted by Gasteiger charge is -2.17. The number of alkyl halides is 1. The molecule has 0 radical (unpaired) electrons. The Morgan fingerprint density at radius 2 is 2.24 bits per heavy atom. The number of nitrogens with zero attached hydrogens (tertiary/aromatic N) is 1. The van der Waals surface area contributed by atoms with Crippen molar-refractivity contribution in [2.45, 2.75) is 4.21 Å². The van der Waals surface area contributed by atoms with Gasteiger partial charge in [0.25, 0.3) is 0 Å². The van der Waals surface area contributed by atoms with E-state index >= 15 is 0 Å². The first-order valence-electron chi connectivity index (χ1n) is 6.35. The minimum Gasteiger partial charge on any atom is -0.350 e. The molecule has 0 aliphatic rings. The third-order valence-electron chi connectivity index (χ3n) is 3.12. The van der Waals surface area contributed by atoms with Crippen molar-refractivity contribution in [3.05, 3.63) is 47.5 Å². The number of carbonyl (C=O) groups excluding carboxylic acids is 1. The molecule has 1 N–H and O–H groups in total. The fraction of sp³-hybridized carbons (Fsp3) is 0.133. The van der Waals surface area contributed by atoms with E-state index in [2.05, 4.69) is 20.7 Å². The van der Waals surface area contributed by atoms with Gasteiger partial charge in [-0.25, -0.2) is 0 Å². The summed E-state index contributed by atoms with van der Waals surface area (Å²) in [5.74, 6) is -0.102. The van der Waals surface area contributed by atoms with Crippen molar-refractivity contribution in [3.8, 4) is 0 Å². The lowest BCUT2D eigenvalue weighted by atomic mass is 10.2. The summed E-state index contributed by atoms with van der Waals surface area (Å²) in [7, 11) is 2.02. The Balaban J connectivity index is 1.97. The van der Waals surface area contributed by atoms with Gasteiger partial charge >= 0.3 is 0 Å². The first-order valence-corrected chi connectivity index (χ1v) is 8.54. The van der Waals surface area contributed by atoms with Crippen LogP contribution in [0.1, 0.15) is 10.5 Å². The topological polar surface area (TPSA) is 36.1 Å². The number of anilines is 1. The third kappa shape index (κ3) is 2.95. The minimum absolute atomic E-state index is 0.0120. The van der Waals surface area contributed by atoms with E-state index < -0.39 is 0 Å². The van der Waals surface area contributed by atoms with Crippen LogP contribution in [0, 0.1) is 0 Å². The van der Waals surface area contributed by atoms with Crippen LogP contribution < -0.4 is 4.31 Å². The number of fused-ring (bicyclic) bond motifs is 1. The van der Waals surface area contributed by atoms with Crippen molar-refractivity contribution >= 4 is 57.3 Å². The average Bonchev–Trinajstić information content (AvgIpc) is 3.14. The monoisotopic (exact) mass is 336 g/mol. The smallest absolute Gasteiger partial charge is 0.193 e. The molecule has 0 aliphatic carbocycles. The fourth-order valence-corrected chi connectivity index (χ4v) is 4.05. The Hall–Kier alpha value is -1.43. The summed E-state index contributed by atoms with van der Waals surface area (Å²) in [5, 5.41) is 3.07. The van der Waals surface area contributed by atoms with Gasteiger partial charge in [-0.15, -0.1) is 22.9 Å². The zero-order valence-corrected chi connectivity index (χ0v) is 13.7. The van der Waals surface area contributed by atoms with Crippen LogP contribution in [-0.2, 0) is 0 Å². The number of ketones is 1. The number of hydrogen-bond donors (Lipinski definition) is 1. The molecule has 2 aromatic heterocycles. The van der Waals surface area contributed by atoms with Crippen LogP contribution in [0.25, 0.3) is 10.9 Å². The van der Waals surface area contributed by atoms with E-state index in [-0.39, 0.29) is 11.7 Å². The Morgan fingerprint density at radius 1 is 1.38 bits per heavy atom. The van der Waals surface area contributed by atoms with Gasteiger partial charge in [-0.05, 0) is 35.5 Å². The van der Waals surface area contributed by atoms with E-state index in [0.29, 0.717) is 5.69 Å². The molecule has 0 unspecified atom stereocenters. The second-order valence-corrected chi connectivity index (χ2v) is 7.15. The van der Waals surface area contributed by atoms with Crippen molar-refractivity contribution in [1.82, 2.24) is 4.98 Å². The van der Waals surface area contributed by atoms with E-state index in [1.165, 1.54) is 4.21 Å². The number of carbonyl (C=O) groups is 1. The largest absolute Gasteiger partial charge is 0.350 e. The zero-order valence-electron chi connectivity index (χ0n) is 11.3. The normalized spacial score (nSPS) is 11.0. The minimum atomic E-state index is -0.0904. The molecule has 2 heterocycles. The second kappa shape index (κ2) is 6.13. The highest BCUT2D eigenvalue weighted by Gasteiger charge is 2.13. The van der Waals surface area contributed by atoms with Gasteiger partial charge in [-0.2, -0.15) is 0 Å². The van der Waals surface area contributed by atoms with Gasteiger partial charge in [0.2, 0.25) is 0 Å². The number of para-hydroxylation sites is 1. The first kappa shape index (κ1) is 14.5. The maximum atomic E-state index is 11.7. The second-order valence-electron chi connectivity index (χ2n) is 4.50. The van der Waals surface area contributed by atoms with Gasteiger partial charge in [0, 0.05) is 12.4 Å². The molecule has 0 aliphatic heterocycles. The van der Waals surface area contributed by atoms with Crippen molar-refractivity contribution in [1.29, 1.82) is 0 Å². The predicted molar refractivity (Wildman–Crippen MR) is 91.9 cm³/mol. The summed E-state index contributed by atoms with van der Waals surface area (Å²) in [6.45, 7) is 0. The maximum Gasteiger partial charge on any atom is 0.193 e. The van der Waals surface area contributed by atoms with Gasteiger partial charge in [-0.1, -0.05) is 18.2 Å². The van der Waals surface area contributed by atoms with E-state index in [1.54, 1.807) is 23.3 Å². The molecule has 0 spiro atoms. The number of thiophene rings is 1. The number of halogens is 1. The van der Waals surface area contributed by atoms with E-state index in [1.807, 2.05) is 37.4 Å². The number of aromatic nitrogens is 1. The summed E-state index contributed by atoms with van der Waals surface area (Å²) in [5.41, 5.74) is 2.55. The summed E-state index contributed by atoms with van der Waals surface area (Å²) < 4.78 is 3.32. The molecule has 3 nitrogen and oxygen atoms in total. The van der Waals surface area contributed by atoms with Gasteiger partial charge in [0.1, 0.15) is 0 Å². The Bertz CT molecular complexity index is 767. The Kier molecular flexibility index (Phi) is 4.24. The van der Waals surface area contributed by atoms with Gasteiger partial charge in [-0.3, -0.25) is 4.79 Å². The molecule has 0 fully saturated rings. The molecule has 0 atom stereocenters. The molecule has 0 amide bonds. The Labute approximate surface area is 136 Å². The molecule has 3 rings (SSSR count). The van der Waals surface area contributed by atoms with Crippen LogP contribution in [0.4, 0.5) is 5.69 Å². The fourth-order valence-electron chi connectivity index (χ4n) is 2.12. The number of rotatable bonds is 5. The highest BCUT2D eigenvalue weighted by molar-refractivity contribution is 8.02. The van der Waals surface area contributed by atoms with Gasteiger partial charge in [0.05, 0.1) is 27.0 Å². The van der Waals surface area contributed by atoms with Gasteiger partial charge < -0.3 is 9.29 Å². The molecule has 0 bridgehead atoms. The number of nitrogens with one attached hydrogen (secondary N) is 1. The summed E-state index contributed by atoms with van der Waals surface area (Å²) in [6, 6.07) is 12.0. The van der Waals surface area contributed by atoms with Crippen LogP contribution in [-0.4, -0.2) is 23.7 Å². The standard InChI is InChI=1S/C15H13ClN2OS2/c1-18(21-14-6-3-7-20-14)12-5-2-4-10-8-11(13(19)9-16)17-15(10)12/h2-8,17H,9H2,1H3. The van der Waals surface area contributed by atoms with Gasteiger partial charge in [0.15, 0.2) is 5.78 Å². The molecule has 0 saturated heterocycles. The van der Waals surface area contributed by atoms with E-state index in [4.69, 9.17) is 11.6 Å². The number of H-pyrrole nitrogens is 1. The van der Waals surface area contributed by atoms with Crippen LogP contribution in [0.3, 0.4) is 0 Å². The Morgan fingerprint density at radius 3 is 2.95 bits per heavy atom. The number of Topliss-reactive ketones (excluding diaryl/α,β-unsaturated/α-hetero) is 1. The maximum absolute atomic E-state index is 11.7. The highest BCUT2D eigenvalue weighted by atomic mass is 35.5. The molecule has 0 saturated carbocycles. The molecular weight excluding hydrogens is 324 g/mol. The number of hydrogen-bond acceptors (Lipinski definition) is 4. The molecule has 21 heavy (non-hydrogen) atoms. The van der Waals surface area contributed by atoms with Crippen LogP contribution in [0.2, 0.25) is 0 Å². The third-order valence-corrected chi connectivity index (χ3v) is 5.32. The SMILES string of the molecule is CN(Sc1cccs1)c1cccc2cc(C(=O)CCl)[nH]c12. The molecule has 3 aromatic rings. The number of benzene rings is 1. The predicted octanol–water partition coefficient (Wildman–Crippen LogP) is 4.79. The molecule has 108 valence electrons. The lowest BCUT2D eigenvalue weighted by Crippen LogP contribution is -2.06. The highest BCUT2D eigenvalue weighted by Crippen LogP contribution is 2.34. The summed E-state index contributed by atoms with van der Waals surface area (Å²) >= 11 is 9.00. The van der Waals surface area contributed by atoms with Crippen molar-refractivity contribution in [2.75, 3.05) is 17.2 Å². The van der Waals surface area contributed by atoms with Crippen molar-refractivity contribution in [2.24, 2.45) is 0 Å². The van der Waals surface area contributed by atoms with Crippen LogP contribution >= 0.6 is 34.9 Å². The quantitative estimate of drug-likeness (QED) is 0.413. The summed E-state index contributed by atoms with van der Waals surface area (Å²) in [4.78, 5) is 14.9. The van der Waals surface area contributed by atoms with Crippen LogP contribution in [0.15, 0.2) is 46.0 Å².